The fraction of sp³-hybridized carbons (Fsp3) is 0.610. The number of hydrogen-bond donors (Lipinski definition) is 2. The first-order valence-electron chi connectivity index (χ1n) is 18.1. The largest absolute Gasteiger partial charge is 0.371 e. The van der Waals surface area contributed by atoms with E-state index in [0.717, 1.165) is 63.6 Å². The molecule has 45 heavy (non-hydrogen) atoms. The molecule has 2 aromatic rings. The van der Waals surface area contributed by atoms with E-state index >= 15 is 0 Å². The Labute approximate surface area is 280 Å². The number of unbranched alkanes of at least 4 members (excludes halogenated alkanes) is 2. The number of aldehydes is 1. The van der Waals surface area contributed by atoms with Gasteiger partial charge in [-0.25, -0.2) is 0 Å². The van der Waals surface area contributed by atoms with Crippen molar-refractivity contribution in [3.05, 3.63) is 77.4 Å². The first-order valence-corrected chi connectivity index (χ1v) is 18.1. The van der Waals surface area contributed by atoms with Crippen LogP contribution in [0.25, 0.3) is 5.70 Å². The molecule has 4 nitrogen and oxygen atoms in total. The Balaban J connectivity index is 0. The second-order valence-corrected chi connectivity index (χ2v) is 11.2. The van der Waals surface area contributed by atoms with Gasteiger partial charge in [-0.15, -0.1) is 0 Å². The van der Waals surface area contributed by atoms with E-state index in [1.54, 1.807) is 6.92 Å². The molecule has 0 spiro atoms. The second kappa shape index (κ2) is 30.0. The van der Waals surface area contributed by atoms with Gasteiger partial charge in [0.1, 0.15) is 6.29 Å². The van der Waals surface area contributed by atoms with Crippen molar-refractivity contribution >= 4 is 18.2 Å². The average molecular weight is 622 g/mol. The lowest BCUT2D eigenvalue weighted by Crippen LogP contribution is -2.44. The summed E-state index contributed by atoms with van der Waals surface area (Å²) in [5.74, 6) is 0.923. The maximum Gasteiger partial charge on any atom is 0.140 e. The highest BCUT2D eigenvalue weighted by Gasteiger charge is 2.25. The maximum atomic E-state index is 11.0. The van der Waals surface area contributed by atoms with Crippen molar-refractivity contribution < 1.29 is 4.79 Å². The molecule has 1 aliphatic heterocycles. The van der Waals surface area contributed by atoms with Gasteiger partial charge < -0.3 is 20.4 Å². The summed E-state index contributed by atoms with van der Waals surface area (Å²) < 4.78 is 0. The average Bonchev–Trinajstić information content (AvgIpc) is 3.11. The number of carbonyl (C=O) groups is 1. The first-order chi connectivity index (χ1) is 22.0. The minimum atomic E-state index is -0.244. The Hall–Kier alpha value is -2.72. The van der Waals surface area contributed by atoms with Gasteiger partial charge in [0.05, 0.1) is 5.54 Å². The molecule has 4 heteroatoms. The van der Waals surface area contributed by atoms with E-state index in [-0.39, 0.29) is 5.54 Å². The number of benzene rings is 2. The number of nitrogens with zero attached hydrogens (tertiary/aromatic N) is 1. The summed E-state index contributed by atoms with van der Waals surface area (Å²) in [5.41, 5.74) is 5.32. The van der Waals surface area contributed by atoms with Crippen LogP contribution >= 0.6 is 0 Å². The molecule has 2 aromatic carbocycles. The predicted molar refractivity (Wildman–Crippen MR) is 203 cm³/mol. The zero-order valence-electron chi connectivity index (χ0n) is 31.1. The summed E-state index contributed by atoms with van der Waals surface area (Å²) in [7, 11) is 1.89. The minimum Gasteiger partial charge on any atom is -0.371 e. The summed E-state index contributed by atoms with van der Waals surface area (Å²) in [6.07, 6.45) is 17.4. The molecule has 0 amide bonds. The zero-order chi connectivity index (χ0) is 34.3. The molecule has 0 aliphatic carbocycles. The van der Waals surface area contributed by atoms with Crippen LogP contribution in [0.3, 0.4) is 0 Å². The van der Waals surface area contributed by atoms with E-state index in [1.807, 2.05) is 34.7 Å². The number of piperidine rings is 1. The number of nitrogens with one attached hydrogen (secondary N) is 2. The van der Waals surface area contributed by atoms with Crippen molar-refractivity contribution in [2.24, 2.45) is 5.92 Å². The Bertz CT molecular complexity index is 952. The third-order valence-corrected chi connectivity index (χ3v) is 8.11. The Kier molecular flexibility index (Phi) is 29.6. The van der Waals surface area contributed by atoms with Crippen LogP contribution in [0, 0.1) is 11.3 Å². The third-order valence-electron chi connectivity index (χ3n) is 8.11. The molecule has 1 fully saturated rings. The van der Waals surface area contributed by atoms with E-state index in [1.165, 1.54) is 61.0 Å². The number of likely N-dealkylation sites (tertiary alicyclic amines) is 1. The number of likely N-dealkylation sites (N-methyl/N-ethyl adjacent to an activating group) is 1. The molecule has 1 saturated heterocycles. The van der Waals surface area contributed by atoms with E-state index in [9.17, 15) is 4.79 Å². The molecule has 1 heterocycles. The van der Waals surface area contributed by atoms with Crippen LogP contribution in [0.5, 0.6) is 0 Å². The zero-order valence-corrected chi connectivity index (χ0v) is 31.1. The summed E-state index contributed by atoms with van der Waals surface area (Å²) in [6, 6.07) is 19.9. The van der Waals surface area contributed by atoms with Gasteiger partial charge in [0.25, 0.3) is 0 Å². The van der Waals surface area contributed by atoms with E-state index in [4.69, 9.17) is 5.41 Å². The molecule has 0 radical (unpaired) electrons. The van der Waals surface area contributed by atoms with Crippen LogP contribution in [-0.2, 0) is 11.2 Å². The third kappa shape index (κ3) is 18.8. The molecule has 2 N–H and O–H groups in total. The standard InChI is InChI=1S/C24H31N.C11H23NO.C2H5N.2C2H6/c1-3-8-24(25-17-15-20(4-2)16-18-25)23-13-11-22(12-14-23)19-21-9-6-5-7-10-21;1-4-6-8-11(10-13,12-3)9-7-5-2;1-2-3;2*1-2/h5-14,20H,3-4,15-19H2,1-2H3;10,12H,4-9H2,1-3H3;2-3H,1H3;2*1-2H3/b24-8-;;;;. The monoisotopic (exact) mass is 622 g/mol. The van der Waals surface area contributed by atoms with Crippen molar-refractivity contribution in [3.63, 3.8) is 0 Å². The molecule has 256 valence electrons. The fourth-order valence-electron chi connectivity index (χ4n) is 5.37. The lowest BCUT2D eigenvalue weighted by atomic mass is 9.89. The fourth-order valence-corrected chi connectivity index (χ4v) is 5.37. The van der Waals surface area contributed by atoms with Gasteiger partial charge in [-0.3, -0.25) is 0 Å². The van der Waals surface area contributed by atoms with Crippen molar-refractivity contribution in [1.29, 1.82) is 5.41 Å². The highest BCUT2D eigenvalue weighted by atomic mass is 16.1. The van der Waals surface area contributed by atoms with E-state index < -0.39 is 0 Å². The quantitative estimate of drug-likeness (QED) is 0.163. The minimum absolute atomic E-state index is 0.244. The molecule has 0 atom stereocenters. The highest BCUT2D eigenvalue weighted by Crippen LogP contribution is 2.28. The molecular weight excluding hydrogens is 550 g/mol. The number of hydrogen-bond acceptors (Lipinski definition) is 4. The van der Waals surface area contributed by atoms with Crippen LogP contribution in [0.15, 0.2) is 60.7 Å². The molecule has 3 rings (SSSR count). The lowest BCUT2D eigenvalue weighted by molar-refractivity contribution is -0.113. The number of carbonyl (C=O) groups excluding carboxylic acids is 1. The topological polar surface area (TPSA) is 56.2 Å². The number of rotatable bonds is 14. The first kappa shape index (κ1) is 44.4. The molecule has 0 saturated carbocycles. The summed E-state index contributed by atoms with van der Waals surface area (Å²) in [6.45, 7) is 21.0. The summed E-state index contributed by atoms with van der Waals surface area (Å²) in [5, 5.41) is 9.25. The molecule has 0 bridgehead atoms. The van der Waals surface area contributed by atoms with Gasteiger partial charge in [0.15, 0.2) is 0 Å². The van der Waals surface area contributed by atoms with E-state index in [2.05, 4.69) is 98.6 Å². The van der Waals surface area contributed by atoms with Crippen LogP contribution in [0.4, 0.5) is 0 Å². The molecular formula is C41H71N3O. The molecule has 1 aliphatic rings. The molecule has 0 aromatic heterocycles. The van der Waals surface area contributed by atoms with Crippen LogP contribution < -0.4 is 5.32 Å². The van der Waals surface area contributed by atoms with Gasteiger partial charge in [0.2, 0.25) is 0 Å². The second-order valence-electron chi connectivity index (χ2n) is 11.2. The van der Waals surface area contributed by atoms with Crippen molar-refractivity contribution in [2.75, 3.05) is 20.1 Å². The molecule has 0 unspecified atom stereocenters. The van der Waals surface area contributed by atoms with Crippen LogP contribution in [0.1, 0.15) is 143 Å². The lowest BCUT2D eigenvalue weighted by Gasteiger charge is -2.35. The van der Waals surface area contributed by atoms with Crippen molar-refractivity contribution in [1.82, 2.24) is 10.2 Å². The predicted octanol–water partition coefficient (Wildman–Crippen LogP) is 11.4. The van der Waals surface area contributed by atoms with Gasteiger partial charge in [-0.2, -0.15) is 0 Å². The number of allylic oxidation sites excluding steroid dienone is 1. The summed E-state index contributed by atoms with van der Waals surface area (Å²) >= 11 is 0. The SMILES string of the molecule is CC.CC.CC/C=C(/c1ccc(Cc2ccccc2)cc1)N1CCC(CC)CC1.CC=N.CCCCC(C=O)(CCCC)NC. The van der Waals surface area contributed by atoms with Crippen LogP contribution in [-0.4, -0.2) is 43.1 Å². The Morgan fingerprint density at radius 3 is 1.76 bits per heavy atom. The van der Waals surface area contributed by atoms with Crippen LogP contribution in [0.2, 0.25) is 0 Å². The normalized spacial score (nSPS) is 12.9. The van der Waals surface area contributed by atoms with Gasteiger partial charge in [-0.05, 0) is 81.3 Å². The maximum absolute atomic E-state index is 11.0. The smallest absolute Gasteiger partial charge is 0.140 e. The van der Waals surface area contributed by atoms with Crippen molar-refractivity contribution in [3.8, 4) is 0 Å². The Morgan fingerprint density at radius 2 is 1.36 bits per heavy atom. The summed E-state index contributed by atoms with van der Waals surface area (Å²) in [4.78, 5) is 13.6. The van der Waals surface area contributed by atoms with Gasteiger partial charge in [-0.1, -0.05) is 148 Å². The Morgan fingerprint density at radius 1 is 0.867 bits per heavy atom. The highest BCUT2D eigenvalue weighted by molar-refractivity contribution is 5.65. The van der Waals surface area contributed by atoms with Gasteiger partial charge in [0, 0.05) is 18.8 Å². The van der Waals surface area contributed by atoms with Gasteiger partial charge >= 0.3 is 0 Å². The van der Waals surface area contributed by atoms with E-state index in [0.29, 0.717) is 0 Å². The van der Waals surface area contributed by atoms with Crippen molar-refractivity contribution in [2.45, 2.75) is 138 Å².